The van der Waals surface area contributed by atoms with Crippen LogP contribution >= 0.6 is 22.6 Å². The molecule has 0 atom stereocenters. The minimum absolute atomic E-state index is 0.0953. The number of benzene rings is 5. The van der Waals surface area contributed by atoms with Crippen molar-refractivity contribution in [1.29, 1.82) is 0 Å². The molecule has 5 heteroatoms. The lowest BCUT2D eigenvalue weighted by Gasteiger charge is -2.21. The molecule has 4 nitrogen and oxygen atoms in total. The highest BCUT2D eigenvalue weighted by atomic mass is 127. The predicted octanol–water partition coefficient (Wildman–Crippen LogP) is 11.8. The van der Waals surface area contributed by atoms with Gasteiger partial charge in [0.05, 0.1) is 11.0 Å². The number of aromatic nitrogens is 4. The van der Waals surface area contributed by atoms with Crippen molar-refractivity contribution >= 4 is 50.0 Å². The minimum atomic E-state index is -0.0953. The highest BCUT2D eigenvalue weighted by Crippen LogP contribution is 2.51. The molecule has 8 rings (SSSR count). The second-order valence-corrected chi connectivity index (χ2v) is 12.5. The number of rotatable bonds is 6. The monoisotopic (exact) mass is 748 g/mol. The third kappa shape index (κ3) is 5.62. The standard InChI is InChI=1S/C43H34N4.CH3I/c1-5-15-28(16-6-2)40-44-41(29-17-8-7-9-18-29)46-42(45-40)30-19-14-20-31(25-30)47-38-24-13-11-22-33(38)35-26-34-32-21-10-12-23-36(32)43(3,4)37(34)27-39(35)47;1-2/h5-27H,1H2,2-4H3;1H3/b16-6-,28-15+;. The van der Waals surface area contributed by atoms with E-state index in [2.05, 4.69) is 133 Å². The molecule has 0 saturated carbocycles. The Labute approximate surface area is 301 Å². The summed E-state index contributed by atoms with van der Waals surface area (Å²) in [5.41, 5.74) is 11.4. The first-order valence-electron chi connectivity index (χ1n) is 16.4. The normalized spacial score (nSPS) is 13.3. The summed E-state index contributed by atoms with van der Waals surface area (Å²) in [6.45, 7) is 10.6. The molecule has 0 spiro atoms. The number of nitrogens with zero attached hydrogens (tertiary/aromatic N) is 4. The van der Waals surface area contributed by atoms with Crippen LogP contribution in [0.2, 0.25) is 0 Å². The van der Waals surface area contributed by atoms with E-state index in [1.54, 1.807) is 6.08 Å². The van der Waals surface area contributed by atoms with Crippen molar-refractivity contribution in [3.8, 4) is 39.6 Å². The van der Waals surface area contributed by atoms with Gasteiger partial charge in [0.2, 0.25) is 0 Å². The highest BCUT2D eigenvalue weighted by Gasteiger charge is 2.36. The third-order valence-corrected chi connectivity index (χ3v) is 9.31. The fourth-order valence-electron chi connectivity index (χ4n) is 7.09. The molecule has 0 saturated heterocycles. The third-order valence-electron chi connectivity index (χ3n) is 9.31. The molecule has 7 aromatic rings. The zero-order chi connectivity index (χ0) is 34.1. The van der Waals surface area contributed by atoms with Crippen molar-refractivity contribution < 1.29 is 0 Å². The molecular weight excluding hydrogens is 711 g/mol. The van der Waals surface area contributed by atoms with Gasteiger partial charge in [-0.25, -0.2) is 15.0 Å². The second-order valence-electron chi connectivity index (χ2n) is 12.5. The van der Waals surface area contributed by atoms with Gasteiger partial charge in [0.1, 0.15) is 0 Å². The number of hydrogen-bond donors (Lipinski definition) is 0. The van der Waals surface area contributed by atoms with E-state index in [1.165, 1.54) is 44.1 Å². The van der Waals surface area contributed by atoms with Crippen LogP contribution in [0.25, 0.3) is 67.0 Å². The topological polar surface area (TPSA) is 43.6 Å². The van der Waals surface area contributed by atoms with Crippen molar-refractivity contribution in [3.05, 3.63) is 163 Å². The zero-order valence-electron chi connectivity index (χ0n) is 28.2. The Hall–Kier alpha value is -5.14. The van der Waals surface area contributed by atoms with Crippen molar-refractivity contribution in [2.75, 3.05) is 4.93 Å². The summed E-state index contributed by atoms with van der Waals surface area (Å²) >= 11 is 2.15. The van der Waals surface area contributed by atoms with Gasteiger partial charge in [0, 0.05) is 38.6 Å². The lowest BCUT2D eigenvalue weighted by Crippen LogP contribution is -2.14. The Morgan fingerprint density at radius 3 is 2.14 bits per heavy atom. The molecule has 1 aliphatic rings. The molecule has 5 aromatic carbocycles. The van der Waals surface area contributed by atoms with E-state index < -0.39 is 0 Å². The van der Waals surface area contributed by atoms with Crippen LogP contribution in [0.5, 0.6) is 0 Å². The summed E-state index contributed by atoms with van der Waals surface area (Å²) in [5, 5.41) is 2.48. The maximum atomic E-state index is 5.00. The van der Waals surface area contributed by atoms with Gasteiger partial charge < -0.3 is 4.57 Å². The molecule has 0 radical (unpaired) electrons. The molecule has 0 fully saturated rings. The quantitative estimate of drug-likeness (QED) is 0.0966. The Morgan fingerprint density at radius 2 is 1.37 bits per heavy atom. The summed E-state index contributed by atoms with van der Waals surface area (Å²) in [6.07, 6.45) is 7.68. The first-order valence-corrected chi connectivity index (χ1v) is 18.6. The number of alkyl halides is 1. The van der Waals surface area contributed by atoms with Crippen LogP contribution in [-0.4, -0.2) is 24.4 Å². The average Bonchev–Trinajstić information content (AvgIpc) is 3.60. The number of para-hydroxylation sites is 1. The lowest BCUT2D eigenvalue weighted by molar-refractivity contribution is 0.661. The van der Waals surface area contributed by atoms with Gasteiger partial charge in [0.25, 0.3) is 0 Å². The number of hydrogen-bond acceptors (Lipinski definition) is 3. The number of allylic oxidation sites excluding steroid dienone is 5. The predicted molar refractivity (Wildman–Crippen MR) is 216 cm³/mol. The molecule has 0 aliphatic heterocycles. The van der Waals surface area contributed by atoms with Crippen LogP contribution in [0.4, 0.5) is 0 Å². The summed E-state index contributed by atoms with van der Waals surface area (Å²) in [6, 6.07) is 40.9. The Bertz CT molecular complexity index is 2410. The molecule has 240 valence electrons. The summed E-state index contributed by atoms with van der Waals surface area (Å²) in [4.78, 5) is 16.9. The van der Waals surface area contributed by atoms with E-state index in [-0.39, 0.29) is 5.41 Å². The second kappa shape index (κ2) is 13.4. The Morgan fingerprint density at radius 1 is 0.673 bits per heavy atom. The van der Waals surface area contributed by atoms with Crippen LogP contribution in [0.3, 0.4) is 0 Å². The maximum Gasteiger partial charge on any atom is 0.164 e. The average molecular weight is 749 g/mol. The Kier molecular flexibility index (Phi) is 8.86. The zero-order valence-corrected chi connectivity index (χ0v) is 30.3. The lowest BCUT2D eigenvalue weighted by atomic mass is 9.82. The van der Waals surface area contributed by atoms with Crippen LogP contribution in [-0.2, 0) is 5.41 Å². The molecule has 2 heterocycles. The van der Waals surface area contributed by atoms with Crippen LogP contribution in [0.15, 0.2) is 146 Å². The number of fused-ring (bicyclic) bond motifs is 6. The van der Waals surface area contributed by atoms with Gasteiger partial charge >= 0.3 is 0 Å². The molecule has 0 amide bonds. The first-order chi connectivity index (χ1) is 24.0. The minimum Gasteiger partial charge on any atom is -0.309 e. The molecule has 0 N–H and O–H groups in total. The summed E-state index contributed by atoms with van der Waals surface area (Å²) < 4.78 is 2.39. The van der Waals surface area contributed by atoms with E-state index in [0.29, 0.717) is 17.5 Å². The van der Waals surface area contributed by atoms with Gasteiger partial charge in [-0.2, -0.15) is 0 Å². The molecule has 1 aliphatic carbocycles. The van der Waals surface area contributed by atoms with Crippen LogP contribution < -0.4 is 0 Å². The van der Waals surface area contributed by atoms with Crippen molar-refractivity contribution in [2.45, 2.75) is 26.2 Å². The van der Waals surface area contributed by atoms with Gasteiger partial charge in [-0.1, -0.05) is 152 Å². The van der Waals surface area contributed by atoms with Crippen LogP contribution in [0.1, 0.15) is 37.7 Å². The number of halogens is 1. The van der Waals surface area contributed by atoms with E-state index in [4.69, 9.17) is 15.0 Å². The highest BCUT2D eigenvalue weighted by molar-refractivity contribution is 14.1. The summed E-state index contributed by atoms with van der Waals surface area (Å²) in [7, 11) is 0. The fourth-order valence-corrected chi connectivity index (χ4v) is 7.09. The largest absolute Gasteiger partial charge is 0.309 e. The van der Waals surface area contributed by atoms with Gasteiger partial charge in [-0.15, -0.1) is 0 Å². The SMILES string of the molecule is C=C/C=C(\C=C/C)c1nc(-c2ccccc2)nc(-c2cccc(-n3c4ccccc4c4cc5c(cc43)C(C)(C)c3ccccc3-5)c2)n1.CI. The van der Waals surface area contributed by atoms with Gasteiger partial charge in [0.15, 0.2) is 17.5 Å². The maximum absolute atomic E-state index is 5.00. The van der Waals surface area contributed by atoms with Crippen molar-refractivity contribution in [2.24, 2.45) is 0 Å². The Balaban J connectivity index is 0.00000186. The first kappa shape index (κ1) is 32.4. The molecule has 0 unspecified atom stereocenters. The van der Waals surface area contributed by atoms with E-state index in [0.717, 1.165) is 22.4 Å². The van der Waals surface area contributed by atoms with Gasteiger partial charge in [-0.3, -0.25) is 0 Å². The van der Waals surface area contributed by atoms with Crippen molar-refractivity contribution in [1.82, 2.24) is 19.5 Å². The van der Waals surface area contributed by atoms with E-state index in [9.17, 15) is 0 Å². The van der Waals surface area contributed by atoms with E-state index >= 15 is 0 Å². The molecule has 0 bridgehead atoms. The fraction of sp³-hybridized carbons (Fsp3) is 0.114. The molecular formula is C44H37IN4. The van der Waals surface area contributed by atoms with Gasteiger partial charge in [-0.05, 0) is 64.4 Å². The molecule has 2 aromatic heterocycles. The summed E-state index contributed by atoms with van der Waals surface area (Å²) in [5.74, 6) is 1.85. The smallest absolute Gasteiger partial charge is 0.164 e. The van der Waals surface area contributed by atoms with E-state index in [1.807, 2.05) is 60.4 Å². The van der Waals surface area contributed by atoms with Crippen LogP contribution in [0, 0.1) is 0 Å². The molecule has 49 heavy (non-hydrogen) atoms. The van der Waals surface area contributed by atoms with Crippen molar-refractivity contribution in [3.63, 3.8) is 0 Å².